The zero-order valence-electron chi connectivity index (χ0n) is 6.74. The van der Waals surface area contributed by atoms with Crippen molar-refractivity contribution in [2.45, 2.75) is 6.42 Å². The van der Waals surface area contributed by atoms with Gasteiger partial charge in [0.25, 0.3) is 0 Å². The third kappa shape index (κ3) is 1.25. The number of carbonyl (C=O) groups is 1. The van der Waals surface area contributed by atoms with Gasteiger partial charge in [0.05, 0.1) is 0 Å². The van der Waals surface area contributed by atoms with E-state index in [2.05, 4.69) is 0 Å². The van der Waals surface area contributed by atoms with Crippen LogP contribution in [0.1, 0.15) is 5.56 Å². The largest absolute Gasteiger partial charge is 0.422 e. The van der Waals surface area contributed by atoms with Crippen LogP contribution in [0, 0.1) is 0 Å². The Kier molecular flexibility index (Phi) is 1.72. The first kappa shape index (κ1) is 7.77. The molecule has 0 saturated heterocycles. The molecule has 1 aliphatic rings. The van der Waals surface area contributed by atoms with E-state index in [0.717, 1.165) is 5.56 Å². The Bertz CT molecular complexity index is 414. The lowest BCUT2D eigenvalue weighted by molar-refractivity contribution is -0.130. The highest BCUT2D eigenvalue weighted by atomic mass is 16.5. The van der Waals surface area contributed by atoms with E-state index < -0.39 is 5.97 Å². The zero-order chi connectivity index (χ0) is 9.26. The van der Waals surface area contributed by atoms with Crippen LogP contribution in [0.4, 0.5) is 0 Å². The second-order valence-corrected chi connectivity index (χ2v) is 2.75. The predicted octanol–water partition coefficient (Wildman–Crippen LogP) is 0.906. The third-order valence-corrected chi connectivity index (χ3v) is 1.91. The highest BCUT2D eigenvalue weighted by molar-refractivity contribution is 5.99. The summed E-state index contributed by atoms with van der Waals surface area (Å²) < 4.78 is 4.90. The molecule has 0 N–H and O–H groups in total. The minimum absolute atomic E-state index is 0.0544. The van der Waals surface area contributed by atoms with Gasteiger partial charge in [-0.05, 0) is 6.07 Å². The molecule has 1 heterocycles. The van der Waals surface area contributed by atoms with Crippen molar-refractivity contribution < 1.29 is 14.3 Å². The first-order valence-corrected chi connectivity index (χ1v) is 3.85. The summed E-state index contributed by atoms with van der Waals surface area (Å²) in [6.07, 6.45) is 0.318. The van der Waals surface area contributed by atoms with Gasteiger partial charge >= 0.3 is 5.97 Å². The van der Waals surface area contributed by atoms with E-state index in [-0.39, 0.29) is 5.57 Å². The lowest BCUT2D eigenvalue weighted by atomic mass is 10.0. The van der Waals surface area contributed by atoms with Gasteiger partial charge in [-0.2, -0.15) is 0 Å². The number of fused-ring (bicyclic) bond motifs is 1. The number of para-hydroxylation sites is 1. The maximum absolute atomic E-state index is 11.1. The van der Waals surface area contributed by atoms with Crippen LogP contribution in [0.25, 0.3) is 0 Å². The number of ether oxygens (including phenoxy) is 1. The van der Waals surface area contributed by atoms with Gasteiger partial charge in [0.1, 0.15) is 17.3 Å². The summed E-state index contributed by atoms with van der Waals surface area (Å²) in [6, 6.07) is 7.13. The van der Waals surface area contributed by atoms with Gasteiger partial charge in [-0.3, -0.25) is 0 Å². The van der Waals surface area contributed by atoms with E-state index in [0.29, 0.717) is 12.2 Å². The number of carbonyl (C=O) groups excluding carboxylic acids is 2. The Hall–Kier alpha value is -1.86. The normalized spacial score (nSPS) is 14.5. The molecule has 0 aliphatic carbocycles. The van der Waals surface area contributed by atoms with E-state index in [1.807, 2.05) is 12.1 Å². The van der Waals surface area contributed by atoms with Crippen molar-refractivity contribution in [3.63, 3.8) is 0 Å². The van der Waals surface area contributed by atoms with E-state index in [1.54, 1.807) is 18.1 Å². The molecule has 0 spiro atoms. The molecule has 64 valence electrons. The van der Waals surface area contributed by atoms with Gasteiger partial charge in [0, 0.05) is 12.0 Å². The Morgan fingerprint density at radius 2 is 2.08 bits per heavy atom. The number of esters is 1. The fourth-order valence-electron chi connectivity index (χ4n) is 1.25. The molecule has 0 radical (unpaired) electrons. The van der Waals surface area contributed by atoms with Gasteiger partial charge in [-0.1, -0.05) is 18.2 Å². The molecule has 0 bridgehead atoms. The smallest absolute Gasteiger partial charge is 0.350 e. The third-order valence-electron chi connectivity index (χ3n) is 1.91. The maximum Gasteiger partial charge on any atom is 0.350 e. The van der Waals surface area contributed by atoms with Gasteiger partial charge < -0.3 is 4.74 Å². The Morgan fingerprint density at radius 3 is 2.85 bits per heavy atom. The van der Waals surface area contributed by atoms with Crippen molar-refractivity contribution in [1.29, 1.82) is 0 Å². The lowest BCUT2D eigenvalue weighted by Gasteiger charge is -2.14. The molecular formula is C10H6O3. The molecule has 3 nitrogen and oxygen atoms in total. The second-order valence-electron chi connectivity index (χ2n) is 2.75. The summed E-state index contributed by atoms with van der Waals surface area (Å²) in [6.45, 7) is 0. The first-order valence-electron chi connectivity index (χ1n) is 3.85. The van der Waals surface area contributed by atoms with E-state index in [4.69, 9.17) is 4.74 Å². The first-order chi connectivity index (χ1) is 6.31. The molecular weight excluding hydrogens is 168 g/mol. The van der Waals surface area contributed by atoms with Crippen molar-refractivity contribution >= 4 is 11.9 Å². The van der Waals surface area contributed by atoms with Gasteiger partial charge in [-0.25, -0.2) is 9.59 Å². The number of benzene rings is 1. The molecule has 0 saturated carbocycles. The van der Waals surface area contributed by atoms with Crippen LogP contribution < -0.4 is 4.74 Å². The molecule has 0 aromatic heterocycles. The molecule has 1 aliphatic heterocycles. The maximum atomic E-state index is 11.1. The lowest BCUT2D eigenvalue weighted by Crippen LogP contribution is -2.19. The van der Waals surface area contributed by atoms with Crippen molar-refractivity contribution in [3.8, 4) is 5.75 Å². The van der Waals surface area contributed by atoms with Crippen molar-refractivity contribution in [2.75, 3.05) is 0 Å². The zero-order valence-corrected chi connectivity index (χ0v) is 6.74. The van der Waals surface area contributed by atoms with E-state index in [9.17, 15) is 9.59 Å². The van der Waals surface area contributed by atoms with Gasteiger partial charge in [0.2, 0.25) is 0 Å². The van der Waals surface area contributed by atoms with E-state index >= 15 is 0 Å². The minimum Gasteiger partial charge on any atom is -0.422 e. The summed E-state index contributed by atoms with van der Waals surface area (Å²) in [4.78, 5) is 21.4. The van der Waals surface area contributed by atoms with Crippen LogP contribution in [-0.2, 0) is 16.0 Å². The van der Waals surface area contributed by atoms with Crippen molar-refractivity contribution in [1.82, 2.24) is 0 Å². The molecule has 1 aromatic rings. The van der Waals surface area contributed by atoms with Crippen LogP contribution >= 0.6 is 0 Å². The monoisotopic (exact) mass is 174 g/mol. The fraction of sp³-hybridized carbons (Fsp3) is 0.100. The SMILES string of the molecule is O=C=C1Cc2ccccc2OC1=O. The molecule has 0 amide bonds. The molecule has 1 aromatic carbocycles. The van der Waals surface area contributed by atoms with Crippen LogP contribution in [0.2, 0.25) is 0 Å². The summed E-state index contributed by atoms with van der Waals surface area (Å²) >= 11 is 0. The predicted molar refractivity (Wildman–Crippen MR) is 45.0 cm³/mol. The summed E-state index contributed by atoms with van der Waals surface area (Å²) in [7, 11) is 0. The fourth-order valence-corrected chi connectivity index (χ4v) is 1.25. The van der Waals surface area contributed by atoms with Gasteiger partial charge in [0.15, 0.2) is 0 Å². The summed E-state index contributed by atoms with van der Waals surface area (Å²) in [5.41, 5.74) is 0.902. The number of hydrogen-bond acceptors (Lipinski definition) is 3. The van der Waals surface area contributed by atoms with Crippen LogP contribution in [-0.4, -0.2) is 11.9 Å². The molecule has 0 unspecified atom stereocenters. The average Bonchev–Trinajstić information content (AvgIpc) is 2.17. The molecule has 13 heavy (non-hydrogen) atoms. The Labute approximate surface area is 74.6 Å². The molecule has 2 rings (SSSR count). The van der Waals surface area contributed by atoms with Crippen LogP contribution in [0.15, 0.2) is 29.8 Å². The summed E-state index contributed by atoms with van der Waals surface area (Å²) in [5, 5.41) is 0. The standard InChI is InChI=1S/C10H6O3/c11-6-8-5-7-3-1-2-4-9(7)13-10(8)12/h1-4H,5H2. The number of hydrogen-bond donors (Lipinski definition) is 0. The summed E-state index contributed by atoms with van der Waals surface area (Å²) in [5.74, 6) is 1.53. The number of rotatable bonds is 0. The van der Waals surface area contributed by atoms with Crippen molar-refractivity contribution in [2.24, 2.45) is 0 Å². The molecule has 0 fully saturated rings. The molecule has 3 heteroatoms. The average molecular weight is 174 g/mol. The van der Waals surface area contributed by atoms with E-state index in [1.165, 1.54) is 0 Å². The Morgan fingerprint density at radius 1 is 1.31 bits per heavy atom. The Balaban J connectivity index is 2.50. The van der Waals surface area contributed by atoms with Gasteiger partial charge in [-0.15, -0.1) is 0 Å². The highest BCUT2D eigenvalue weighted by Gasteiger charge is 2.22. The quantitative estimate of drug-likeness (QED) is 0.254. The second kappa shape index (κ2) is 2.88. The van der Waals surface area contributed by atoms with Crippen molar-refractivity contribution in [3.05, 3.63) is 35.4 Å². The molecule has 0 atom stereocenters. The topological polar surface area (TPSA) is 43.4 Å². The highest BCUT2D eigenvalue weighted by Crippen LogP contribution is 2.25. The minimum atomic E-state index is -0.589. The van der Waals surface area contributed by atoms with Crippen LogP contribution in [0.5, 0.6) is 5.75 Å². The van der Waals surface area contributed by atoms with Crippen LogP contribution in [0.3, 0.4) is 0 Å².